The van der Waals surface area contributed by atoms with Crippen molar-refractivity contribution in [2.24, 2.45) is 0 Å². The molecule has 0 bridgehead atoms. The third kappa shape index (κ3) is 6.79. The van der Waals surface area contributed by atoms with E-state index in [1.807, 2.05) is 4.98 Å². The molecule has 15 nitrogen and oxygen atoms in total. The van der Waals surface area contributed by atoms with Crippen molar-refractivity contribution in [3.8, 4) is 0 Å². The van der Waals surface area contributed by atoms with E-state index < -0.39 is 59.8 Å². The molecule has 0 spiro atoms. The number of rotatable bonds is 8. The Morgan fingerprint density at radius 3 is 2.43 bits per heavy atom. The Hall–Kier alpha value is -1.02. The standard InChI is InChI=1S/C9H14FN2O13P3/c10-9(3-1-7(23-9)12-4-2-6(13)11-8(12)14)5-22-27(18,19)25-28(20,21)24-26(15,16)17/h2,4,7H,1,3,5H2,(H,18,19)(H,20,21)(H,11,13,14)(H2,15,16,17). The summed E-state index contributed by atoms with van der Waals surface area (Å²) in [4.78, 5) is 59.7. The van der Waals surface area contributed by atoms with Crippen molar-refractivity contribution in [3.63, 3.8) is 0 Å². The van der Waals surface area contributed by atoms with Crippen molar-refractivity contribution in [1.82, 2.24) is 9.55 Å². The summed E-state index contributed by atoms with van der Waals surface area (Å²) in [5, 5.41) is 0. The average molecular weight is 470 g/mol. The highest BCUT2D eigenvalue weighted by Gasteiger charge is 2.46. The zero-order chi connectivity index (χ0) is 21.4. The maximum atomic E-state index is 14.6. The molecule has 0 aromatic carbocycles. The predicted octanol–water partition coefficient (Wildman–Crippen LogP) is -0.145. The zero-order valence-electron chi connectivity index (χ0n) is 13.5. The lowest BCUT2D eigenvalue weighted by molar-refractivity contribution is -0.175. The summed E-state index contributed by atoms with van der Waals surface area (Å²) in [6, 6.07) is 0.981. The number of nitrogens with zero attached hydrogens (tertiary/aromatic N) is 1. The van der Waals surface area contributed by atoms with Crippen LogP contribution in [0.15, 0.2) is 21.9 Å². The van der Waals surface area contributed by atoms with E-state index in [0.717, 1.165) is 16.8 Å². The summed E-state index contributed by atoms with van der Waals surface area (Å²) in [6.45, 7) is -1.31. The van der Waals surface area contributed by atoms with Gasteiger partial charge in [0.2, 0.25) is 5.85 Å². The van der Waals surface area contributed by atoms with E-state index in [2.05, 4.69) is 13.1 Å². The molecule has 5 N–H and O–H groups in total. The Kier molecular flexibility index (Phi) is 6.66. The minimum Gasteiger partial charge on any atom is -0.320 e. The number of halogens is 1. The van der Waals surface area contributed by atoms with Gasteiger partial charge in [-0.1, -0.05) is 0 Å². The molecular formula is C9H14FN2O13P3. The third-order valence-electron chi connectivity index (χ3n) is 3.13. The second-order valence-electron chi connectivity index (χ2n) is 5.38. The normalized spacial score (nSPS) is 27.2. The van der Waals surface area contributed by atoms with Gasteiger partial charge in [0.25, 0.3) is 5.56 Å². The molecule has 0 aliphatic carbocycles. The molecule has 0 radical (unpaired) electrons. The van der Waals surface area contributed by atoms with Crippen molar-refractivity contribution >= 4 is 23.5 Å². The molecule has 19 heteroatoms. The maximum absolute atomic E-state index is 14.6. The Balaban J connectivity index is 2.00. The first kappa shape index (κ1) is 23.3. The predicted molar refractivity (Wildman–Crippen MR) is 84.3 cm³/mol. The van der Waals surface area contributed by atoms with Gasteiger partial charge in [0.05, 0.1) is 0 Å². The molecule has 4 unspecified atom stereocenters. The van der Waals surface area contributed by atoms with E-state index >= 15 is 0 Å². The van der Waals surface area contributed by atoms with Crippen LogP contribution < -0.4 is 11.2 Å². The van der Waals surface area contributed by atoms with Crippen LogP contribution in [-0.4, -0.2) is 41.6 Å². The quantitative estimate of drug-likeness (QED) is 0.312. The largest absolute Gasteiger partial charge is 0.490 e. The van der Waals surface area contributed by atoms with Crippen LogP contribution in [0.3, 0.4) is 0 Å². The number of ether oxygens (including phenoxy) is 1. The fourth-order valence-electron chi connectivity index (χ4n) is 2.14. The van der Waals surface area contributed by atoms with Crippen LogP contribution in [-0.2, 0) is 31.6 Å². The number of nitrogens with one attached hydrogen (secondary N) is 1. The lowest BCUT2D eigenvalue weighted by Gasteiger charge is -2.23. The van der Waals surface area contributed by atoms with Gasteiger partial charge < -0.3 is 24.3 Å². The molecule has 0 amide bonds. The van der Waals surface area contributed by atoms with Gasteiger partial charge in [-0.3, -0.25) is 18.9 Å². The van der Waals surface area contributed by atoms with Crippen LogP contribution in [0.2, 0.25) is 0 Å². The first-order valence-electron chi connectivity index (χ1n) is 7.06. The zero-order valence-corrected chi connectivity index (χ0v) is 16.2. The highest BCUT2D eigenvalue weighted by atomic mass is 31.3. The Labute approximate surface area is 154 Å². The number of phosphoric acid groups is 3. The topological polar surface area (TPSA) is 224 Å². The van der Waals surface area contributed by atoms with Crippen LogP contribution >= 0.6 is 23.5 Å². The number of aromatic amines is 1. The van der Waals surface area contributed by atoms with Crippen molar-refractivity contribution < 1.29 is 55.5 Å². The number of H-pyrrole nitrogens is 1. The highest BCUT2D eigenvalue weighted by molar-refractivity contribution is 7.66. The van der Waals surface area contributed by atoms with Crippen LogP contribution in [0.4, 0.5) is 4.39 Å². The van der Waals surface area contributed by atoms with Crippen molar-refractivity contribution in [2.75, 3.05) is 6.61 Å². The first-order chi connectivity index (χ1) is 12.6. The van der Waals surface area contributed by atoms with E-state index in [-0.39, 0.29) is 6.42 Å². The van der Waals surface area contributed by atoms with Gasteiger partial charge in [-0.2, -0.15) is 8.62 Å². The first-order valence-corrected chi connectivity index (χ1v) is 11.6. The highest BCUT2D eigenvalue weighted by Crippen LogP contribution is 2.66. The number of phosphoric ester groups is 1. The summed E-state index contributed by atoms with van der Waals surface area (Å²) in [5.41, 5.74) is -1.59. The van der Waals surface area contributed by atoms with Crippen molar-refractivity contribution in [1.29, 1.82) is 0 Å². The Bertz CT molecular complexity index is 986. The summed E-state index contributed by atoms with van der Waals surface area (Å²) in [5.74, 6) is -2.73. The van der Waals surface area contributed by atoms with E-state index in [1.54, 1.807) is 0 Å². The van der Waals surface area contributed by atoms with Crippen molar-refractivity contribution in [2.45, 2.75) is 24.9 Å². The molecule has 2 rings (SSSR count). The molecule has 1 saturated heterocycles. The van der Waals surface area contributed by atoms with Gasteiger partial charge in [-0.15, -0.1) is 0 Å². The molecule has 1 aromatic rings. The molecule has 4 atom stereocenters. The van der Waals surface area contributed by atoms with Gasteiger partial charge >= 0.3 is 29.2 Å². The molecule has 1 fully saturated rings. The Morgan fingerprint density at radius 2 is 1.86 bits per heavy atom. The summed E-state index contributed by atoms with van der Waals surface area (Å²) in [6.07, 6.45) is -0.708. The lowest BCUT2D eigenvalue weighted by atomic mass is 10.2. The van der Waals surface area contributed by atoms with Gasteiger partial charge in [0.15, 0.2) is 0 Å². The fourth-order valence-corrected chi connectivity index (χ4v) is 5.19. The number of aromatic nitrogens is 2. The van der Waals surface area contributed by atoms with E-state index in [9.17, 15) is 32.6 Å². The second-order valence-corrected chi connectivity index (χ2v) is 9.80. The monoisotopic (exact) mass is 470 g/mol. The van der Waals surface area contributed by atoms with Crippen LogP contribution in [0.5, 0.6) is 0 Å². The molecule has 1 aliphatic heterocycles. The average Bonchev–Trinajstić information content (AvgIpc) is 2.84. The van der Waals surface area contributed by atoms with Crippen LogP contribution in [0.1, 0.15) is 19.1 Å². The van der Waals surface area contributed by atoms with Crippen LogP contribution in [0.25, 0.3) is 0 Å². The molecule has 160 valence electrons. The molecule has 1 aromatic heterocycles. The van der Waals surface area contributed by atoms with Crippen LogP contribution in [0, 0.1) is 0 Å². The number of alkyl halides is 1. The van der Waals surface area contributed by atoms with E-state index in [1.165, 1.54) is 0 Å². The maximum Gasteiger partial charge on any atom is 0.490 e. The molecule has 2 heterocycles. The molecule has 0 saturated carbocycles. The lowest BCUT2D eigenvalue weighted by Crippen LogP contribution is -2.34. The molecular weight excluding hydrogens is 456 g/mol. The number of hydrogen-bond acceptors (Lipinski definition) is 9. The number of hydrogen-bond donors (Lipinski definition) is 5. The second kappa shape index (κ2) is 8.01. The smallest absolute Gasteiger partial charge is 0.320 e. The van der Waals surface area contributed by atoms with Gasteiger partial charge in [0, 0.05) is 18.7 Å². The molecule has 28 heavy (non-hydrogen) atoms. The minimum absolute atomic E-state index is 0.109. The van der Waals surface area contributed by atoms with Gasteiger partial charge in [-0.25, -0.2) is 22.9 Å². The van der Waals surface area contributed by atoms with Crippen molar-refractivity contribution in [3.05, 3.63) is 33.1 Å². The SMILES string of the molecule is O=c1ccn(C2CCC(F)(COP(=O)(O)OP(=O)(O)OP(=O)(O)O)O2)c(=O)[nH]1. The fraction of sp³-hybridized carbons (Fsp3) is 0.556. The minimum atomic E-state index is -5.73. The van der Waals surface area contributed by atoms with Gasteiger partial charge in [0.1, 0.15) is 12.8 Å². The molecule has 1 aliphatic rings. The Morgan fingerprint density at radius 1 is 1.21 bits per heavy atom. The summed E-state index contributed by atoms with van der Waals surface area (Å²) in [7, 11) is -16.8. The van der Waals surface area contributed by atoms with E-state index in [4.69, 9.17) is 19.4 Å². The summed E-state index contributed by atoms with van der Waals surface area (Å²) < 4.78 is 64.8. The van der Waals surface area contributed by atoms with E-state index in [0.29, 0.717) is 0 Å². The van der Waals surface area contributed by atoms with Gasteiger partial charge in [-0.05, 0) is 6.42 Å². The third-order valence-corrected chi connectivity index (χ3v) is 6.92. The summed E-state index contributed by atoms with van der Waals surface area (Å²) >= 11 is 0.